The second-order valence-corrected chi connectivity index (χ2v) is 5.72. The number of amides is 1. The zero-order valence-corrected chi connectivity index (χ0v) is 12.1. The van der Waals surface area contributed by atoms with E-state index >= 15 is 0 Å². The average molecular weight is 265 g/mol. The summed E-state index contributed by atoms with van der Waals surface area (Å²) in [6.07, 6.45) is 0.0800. The zero-order valence-electron chi connectivity index (χ0n) is 12.1. The number of benzene rings is 1. The zero-order chi connectivity index (χ0) is 14.5. The van der Waals surface area contributed by atoms with Gasteiger partial charge in [0.15, 0.2) is 0 Å². The van der Waals surface area contributed by atoms with E-state index in [4.69, 9.17) is 4.74 Å². The highest BCUT2D eigenvalue weighted by atomic mass is 16.6. The molecule has 0 aromatic heterocycles. The number of alkyl carbamates (subject to hydrolysis) is 1. The summed E-state index contributed by atoms with van der Waals surface area (Å²) in [6, 6.07) is 7.66. The number of aryl methyl sites for hydroxylation is 1. The molecule has 0 fully saturated rings. The molecule has 0 aliphatic carbocycles. The monoisotopic (exact) mass is 265 g/mol. The standard InChI is InChI=1S/C15H23NO3/c1-11-6-5-7-12(8-11)9-13(10-17)16-14(18)19-15(2,3)4/h5-8,13,17H,9-10H2,1-4H3,(H,16,18). The van der Waals surface area contributed by atoms with Crippen LogP contribution < -0.4 is 5.32 Å². The summed E-state index contributed by atoms with van der Waals surface area (Å²) >= 11 is 0. The first-order valence-corrected chi connectivity index (χ1v) is 6.46. The van der Waals surface area contributed by atoms with E-state index in [0.717, 1.165) is 11.1 Å². The smallest absolute Gasteiger partial charge is 0.407 e. The van der Waals surface area contributed by atoms with Crippen LogP contribution in [0.3, 0.4) is 0 Å². The molecule has 0 heterocycles. The van der Waals surface area contributed by atoms with Gasteiger partial charge in [0.25, 0.3) is 0 Å². The summed E-state index contributed by atoms with van der Waals surface area (Å²) < 4.78 is 5.17. The number of hydrogen-bond acceptors (Lipinski definition) is 3. The van der Waals surface area contributed by atoms with Gasteiger partial charge in [-0.25, -0.2) is 4.79 Å². The van der Waals surface area contributed by atoms with Gasteiger partial charge in [-0.2, -0.15) is 0 Å². The van der Waals surface area contributed by atoms with Crippen molar-refractivity contribution >= 4 is 6.09 Å². The fraction of sp³-hybridized carbons (Fsp3) is 0.533. The Labute approximate surface area is 114 Å². The molecule has 2 N–H and O–H groups in total. The minimum Gasteiger partial charge on any atom is -0.444 e. The Balaban J connectivity index is 2.57. The molecular weight excluding hydrogens is 242 g/mol. The van der Waals surface area contributed by atoms with Crippen molar-refractivity contribution in [2.24, 2.45) is 0 Å². The Hall–Kier alpha value is -1.55. The molecule has 1 aromatic rings. The molecule has 1 rings (SSSR count). The lowest BCUT2D eigenvalue weighted by Gasteiger charge is -2.22. The van der Waals surface area contributed by atoms with Gasteiger partial charge in [-0.1, -0.05) is 29.8 Å². The van der Waals surface area contributed by atoms with E-state index < -0.39 is 11.7 Å². The Bertz CT molecular complexity index is 424. The fourth-order valence-corrected chi connectivity index (χ4v) is 1.76. The maximum absolute atomic E-state index is 11.6. The largest absolute Gasteiger partial charge is 0.444 e. The van der Waals surface area contributed by atoms with Crippen LogP contribution in [0.2, 0.25) is 0 Å². The molecular formula is C15H23NO3. The van der Waals surface area contributed by atoms with Crippen LogP contribution in [-0.2, 0) is 11.2 Å². The van der Waals surface area contributed by atoms with Crippen LogP contribution in [0.5, 0.6) is 0 Å². The lowest BCUT2D eigenvalue weighted by Crippen LogP contribution is -2.42. The number of aliphatic hydroxyl groups excluding tert-OH is 1. The minimum atomic E-state index is -0.534. The van der Waals surface area contributed by atoms with Gasteiger partial charge < -0.3 is 15.2 Å². The van der Waals surface area contributed by atoms with Crippen LogP contribution in [-0.4, -0.2) is 29.4 Å². The third-order valence-corrected chi connectivity index (χ3v) is 2.51. The Morgan fingerprint density at radius 2 is 2.11 bits per heavy atom. The predicted molar refractivity (Wildman–Crippen MR) is 75.1 cm³/mol. The van der Waals surface area contributed by atoms with E-state index in [2.05, 4.69) is 5.32 Å². The summed E-state index contributed by atoms with van der Waals surface area (Å²) in [7, 11) is 0. The van der Waals surface area contributed by atoms with Crippen molar-refractivity contribution in [1.29, 1.82) is 0 Å². The van der Waals surface area contributed by atoms with E-state index in [-0.39, 0.29) is 12.6 Å². The van der Waals surface area contributed by atoms with Crippen LogP contribution in [0, 0.1) is 6.92 Å². The van der Waals surface area contributed by atoms with Crippen molar-refractivity contribution in [3.8, 4) is 0 Å². The second-order valence-electron chi connectivity index (χ2n) is 5.72. The number of ether oxygens (including phenoxy) is 1. The van der Waals surface area contributed by atoms with Crippen molar-refractivity contribution < 1.29 is 14.6 Å². The van der Waals surface area contributed by atoms with Gasteiger partial charge in [0, 0.05) is 0 Å². The van der Waals surface area contributed by atoms with Gasteiger partial charge in [0.05, 0.1) is 12.6 Å². The molecule has 1 aromatic carbocycles. The van der Waals surface area contributed by atoms with Crippen molar-refractivity contribution in [3.63, 3.8) is 0 Å². The molecule has 4 nitrogen and oxygen atoms in total. The third kappa shape index (κ3) is 6.25. The Morgan fingerprint density at radius 3 is 2.63 bits per heavy atom. The quantitative estimate of drug-likeness (QED) is 0.879. The topological polar surface area (TPSA) is 58.6 Å². The molecule has 0 spiro atoms. The van der Waals surface area contributed by atoms with Gasteiger partial charge in [-0.3, -0.25) is 0 Å². The summed E-state index contributed by atoms with van der Waals surface area (Å²) in [5, 5.41) is 12.0. The second kappa shape index (κ2) is 6.57. The molecule has 1 amide bonds. The SMILES string of the molecule is Cc1cccc(CC(CO)NC(=O)OC(C)(C)C)c1. The first kappa shape index (κ1) is 15.5. The van der Waals surface area contributed by atoms with Crippen molar-refractivity contribution in [1.82, 2.24) is 5.32 Å². The third-order valence-electron chi connectivity index (χ3n) is 2.51. The van der Waals surface area contributed by atoms with E-state index in [9.17, 15) is 9.90 Å². The molecule has 0 radical (unpaired) electrons. The average Bonchev–Trinajstić information content (AvgIpc) is 2.25. The van der Waals surface area contributed by atoms with Gasteiger partial charge >= 0.3 is 6.09 Å². The number of aliphatic hydroxyl groups is 1. The summed E-state index contributed by atoms with van der Waals surface area (Å²) in [5.41, 5.74) is 1.70. The van der Waals surface area contributed by atoms with Crippen molar-refractivity contribution in [2.45, 2.75) is 45.8 Å². The molecule has 106 valence electrons. The number of rotatable bonds is 4. The highest BCUT2D eigenvalue weighted by Crippen LogP contribution is 2.09. The van der Waals surface area contributed by atoms with Gasteiger partial charge in [0.1, 0.15) is 5.60 Å². The molecule has 1 atom stereocenters. The predicted octanol–water partition coefficient (Wildman–Crippen LogP) is 2.42. The van der Waals surface area contributed by atoms with Crippen LogP contribution in [0.4, 0.5) is 4.79 Å². The highest BCUT2D eigenvalue weighted by Gasteiger charge is 2.19. The molecule has 0 bridgehead atoms. The summed E-state index contributed by atoms with van der Waals surface area (Å²) in [5.74, 6) is 0. The molecule has 0 saturated carbocycles. The van der Waals surface area contributed by atoms with E-state index in [0.29, 0.717) is 6.42 Å². The van der Waals surface area contributed by atoms with Crippen molar-refractivity contribution in [3.05, 3.63) is 35.4 Å². The van der Waals surface area contributed by atoms with Gasteiger partial charge in [-0.05, 0) is 39.7 Å². The number of nitrogens with one attached hydrogen (secondary N) is 1. The molecule has 0 aliphatic heterocycles. The van der Waals surface area contributed by atoms with Crippen LogP contribution in [0.25, 0.3) is 0 Å². The van der Waals surface area contributed by atoms with Gasteiger partial charge in [-0.15, -0.1) is 0 Å². The summed E-state index contributed by atoms with van der Waals surface area (Å²) in [4.78, 5) is 11.6. The first-order chi connectivity index (χ1) is 8.80. The van der Waals surface area contributed by atoms with Gasteiger partial charge in [0.2, 0.25) is 0 Å². The molecule has 1 unspecified atom stereocenters. The fourth-order valence-electron chi connectivity index (χ4n) is 1.76. The highest BCUT2D eigenvalue weighted by molar-refractivity contribution is 5.68. The normalized spacial score (nSPS) is 12.9. The van der Waals surface area contributed by atoms with Crippen molar-refractivity contribution in [2.75, 3.05) is 6.61 Å². The Morgan fingerprint density at radius 1 is 1.42 bits per heavy atom. The van der Waals surface area contributed by atoms with Crippen LogP contribution >= 0.6 is 0 Å². The lowest BCUT2D eigenvalue weighted by atomic mass is 10.0. The maximum Gasteiger partial charge on any atom is 0.407 e. The Kier molecular flexibility index (Phi) is 5.36. The minimum absolute atomic E-state index is 0.118. The first-order valence-electron chi connectivity index (χ1n) is 6.46. The number of hydrogen-bond donors (Lipinski definition) is 2. The summed E-state index contributed by atoms with van der Waals surface area (Å²) in [6.45, 7) is 7.31. The van der Waals surface area contributed by atoms with E-state index in [1.807, 2.05) is 31.2 Å². The molecule has 4 heteroatoms. The van der Waals surface area contributed by atoms with Crippen LogP contribution in [0.1, 0.15) is 31.9 Å². The number of carbonyl (C=O) groups is 1. The molecule has 0 saturated heterocycles. The molecule has 19 heavy (non-hydrogen) atoms. The van der Waals surface area contributed by atoms with E-state index in [1.165, 1.54) is 0 Å². The number of carbonyl (C=O) groups excluding carboxylic acids is 1. The van der Waals surface area contributed by atoms with Crippen LogP contribution in [0.15, 0.2) is 24.3 Å². The molecule has 0 aliphatic rings. The van der Waals surface area contributed by atoms with E-state index in [1.54, 1.807) is 20.8 Å². The lowest BCUT2D eigenvalue weighted by molar-refractivity contribution is 0.0483. The maximum atomic E-state index is 11.6.